The van der Waals surface area contributed by atoms with Crippen LogP contribution >= 0.6 is 21.6 Å². The number of benzene rings is 4. The van der Waals surface area contributed by atoms with E-state index < -0.39 is 24.0 Å². The van der Waals surface area contributed by atoms with Gasteiger partial charge in [-0.25, -0.2) is 4.79 Å². The Hall–Kier alpha value is -4.54. The Balaban J connectivity index is 1.47. The molecule has 0 bridgehead atoms. The van der Waals surface area contributed by atoms with Crippen LogP contribution in [0.1, 0.15) is 31.8 Å². The van der Waals surface area contributed by atoms with Crippen molar-refractivity contribution in [2.75, 3.05) is 11.5 Å². The van der Waals surface area contributed by atoms with Gasteiger partial charge in [0.25, 0.3) is 11.8 Å². The fourth-order valence-electron chi connectivity index (χ4n) is 4.28. The van der Waals surface area contributed by atoms with Gasteiger partial charge in [-0.3, -0.25) is 14.4 Å². The highest BCUT2D eigenvalue weighted by Gasteiger charge is 2.28. The molecule has 226 valence electrons. The Kier molecular flexibility index (Phi) is 12.5. The van der Waals surface area contributed by atoms with E-state index in [1.165, 1.54) is 21.6 Å². The van der Waals surface area contributed by atoms with Crippen molar-refractivity contribution in [3.8, 4) is 0 Å². The molecule has 0 saturated heterocycles. The first-order valence-corrected chi connectivity index (χ1v) is 16.4. The summed E-state index contributed by atoms with van der Waals surface area (Å²) in [6.07, 6.45) is 0. The van der Waals surface area contributed by atoms with Crippen molar-refractivity contribution in [3.63, 3.8) is 0 Å². The Morgan fingerprint density at radius 3 is 1.34 bits per heavy atom. The van der Waals surface area contributed by atoms with E-state index in [0.29, 0.717) is 24.2 Å². The van der Waals surface area contributed by atoms with Crippen LogP contribution in [0.25, 0.3) is 0 Å². The molecule has 0 fully saturated rings. The quantitative estimate of drug-likeness (QED) is 0.121. The topological polar surface area (TPSA) is 116 Å². The van der Waals surface area contributed by atoms with Gasteiger partial charge >= 0.3 is 5.97 Å². The average Bonchev–Trinajstić information content (AvgIpc) is 3.06. The van der Waals surface area contributed by atoms with Crippen LogP contribution in [0.5, 0.6) is 0 Å². The molecule has 4 aromatic carbocycles. The number of nitrogens with zero attached hydrogens (tertiary/aromatic N) is 1. The number of aliphatic carboxylic acids is 1. The normalized spacial score (nSPS) is 12.0. The molecule has 0 aliphatic rings. The molecule has 2 atom stereocenters. The fourth-order valence-corrected chi connectivity index (χ4v) is 6.59. The number of rotatable bonds is 15. The second-order valence-electron chi connectivity index (χ2n) is 9.86. The average molecular weight is 628 g/mol. The lowest BCUT2D eigenvalue weighted by molar-refractivity contribution is -0.138. The van der Waals surface area contributed by atoms with E-state index >= 15 is 0 Å². The maximum Gasteiger partial charge on any atom is 0.327 e. The first-order chi connectivity index (χ1) is 21.4. The highest BCUT2D eigenvalue weighted by Crippen LogP contribution is 2.25. The SMILES string of the molecule is O=C(N[C@@H](CSSC[C@H](NC(=O)c1ccccc1)C(=O)N(Cc1ccccc1)Cc1ccccc1)C(=O)O)c1ccccc1. The number of carboxylic acid groups (broad SMARTS) is 1. The van der Waals surface area contributed by atoms with E-state index in [2.05, 4.69) is 10.6 Å². The number of hydrogen-bond acceptors (Lipinski definition) is 6. The smallest absolute Gasteiger partial charge is 0.327 e. The van der Waals surface area contributed by atoms with Gasteiger partial charge in [-0.2, -0.15) is 0 Å². The maximum absolute atomic E-state index is 14.1. The molecule has 44 heavy (non-hydrogen) atoms. The molecule has 4 rings (SSSR count). The number of hydrogen-bond donors (Lipinski definition) is 3. The standard InChI is InChI=1S/C34H33N3O5S2/c38-31(27-17-9-3-10-18-27)35-29(23-43-44-24-30(34(41)42)36-32(39)28-19-11-4-12-20-28)33(40)37(21-25-13-5-1-6-14-25)22-26-15-7-2-8-16-26/h1-20,29-30H,21-24H2,(H,35,38)(H,36,39)(H,41,42)/t29-,30-/m0/s1. The van der Waals surface area contributed by atoms with Crippen LogP contribution in [0.15, 0.2) is 121 Å². The summed E-state index contributed by atoms with van der Waals surface area (Å²) in [7, 11) is 2.48. The molecule has 0 spiro atoms. The molecule has 0 heterocycles. The van der Waals surface area contributed by atoms with Crippen molar-refractivity contribution in [1.82, 2.24) is 15.5 Å². The van der Waals surface area contributed by atoms with Crippen LogP contribution in [0.4, 0.5) is 0 Å². The van der Waals surface area contributed by atoms with E-state index in [-0.39, 0.29) is 23.3 Å². The maximum atomic E-state index is 14.1. The molecule has 0 unspecified atom stereocenters. The lowest BCUT2D eigenvalue weighted by Crippen LogP contribution is -2.49. The third-order valence-electron chi connectivity index (χ3n) is 6.58. The predicted molar refractivity (Wildman–Crippen MR) is 175 cm³/mol. The van der Waals surface area contributed by atoms with E-state index in [0.717, 1.165) is 11.1 Å². The molecule has 0 aliphatic heterocycles. The second-order valence-corrected chi connectivity index (χ2v) is 12.4. The Morgan fingerprint density at radius 1 is 0.568 bits per heavy atom. The molecule has 0 aromatic heterocycles. The summed E-state index contributed by atoms with van der Waals surface area (Å²) in [6, 6.07) is 34.3. The van der Waals surface area contributed by atoms with Crippen LogP contribution in [-0.4, -0.2) is 57.3 Å². The van der Waals surface area contributed by atoms with E-state index in [1.54, 1.807) is 59.5 Å². The zero-order valence-electron chi connectivity index (χ0n) is 23.9. The summed E-state index contributed by atoms with van der Waals surface area (Å²) in [5.74, 6) is -2.05. The molecule has 3 N–H and O–H groups in total. The van der Waals surface area contributed by atoms with Crippen molar-refractivity contribution >= 4 is 45.3 Å². The zero-order chi connectivity index (χ0) is 31.1. The van der Waals surface area contributed by atoms with Gasteiger partial charge in [-0.15, -0.1) is 0 Å². The van der Waals surface area contributed by atoms with Crippen molar-refractivity contribution in [2.24, 2.45) is 0 Å². The number of nitrogens with one attached hydrogen (secondary N) is 2. The minimum atomic E-state index is -1.16. The molecule has 10 heteroatoms. The van der Waals surface area contributed by atoms with Crippen molar-refractivity contribution < 1.29 is 24.3 Å². The fraction of sp³-hybridized carbons (Fsp3) is 0.176. The Labute approximate surface area is 264 Å². The summed E-state index contributed by atoms with van der Waals surface area (Å²) >= 11 is 0. The highest BCUT2D eigenvalue weighted by molar-refractivity contribution is 8.76. The molecule has 3 amide bonds. The van der Waals surface area contributed by atoms with Gasteiger partial charge in [0.15, 0.2) is 0 Å². The minimum Gasteiger partial charge on any atom is -0.480 e. The van der Waals surface area contributed by atoms with Gasteiger partial charge in [-0.1, -0.05) is 119 Å². The molecule has 0 saturated carbocycles. The lowest BCUT2D eigenvalue weighted by Gasteiger charge is -2.28. The molecule has 4 aromatic rings. The third kappa shape index (κ3) is 10.0. The molecule has 8 nitrogen and oxygen atoms in total. The van der Waals surface area contributed by atoms with E-state index in [9.17, 15) is 24.3 Å². The zero-order valence-corrected chi connectivity index (χ0v) is 25.5. The lowest BCUT2D eigenvalue weighted by atomic mass is 10.1. The van der Waals surface area contributed by atoms with Crippen LogP contribution in [0.2, 0.25) is 0 Å². The first-order valence-electron chi connectivity index (χ1n) is 14.0. The van der Waals surface area contributed by atoms with Gasteiger partial charge in [0.05, 0.1) is 0 Å². The Morgan fingerprint density at radius 2 is 0.932 bits per heavy atom. The molecule has 0 aliphatic carbocycles. The number of carboxylic acids is 1. The van der Waals surface area contributed by atoms with Gasteiger partial charge in [0.1, 0.15) is 12.1 Å². The molecular weight excluding hydrogens is 595 g/mol. The van der Waals surface area contributed by atoms with Crippen LogP contribution in [-0.2, 0) is 22.7 Å². The first kappa shape index (κ1) is 32.4. The number of carbonyl (C=O) groups excluding carboxylic acids is 3. The van der Waals surface area contributed by atoms with Gasteiger partial charge in [0.2, 0.25) is 5.91 Å². The predicted octanol–water partition coefficient (Wildman–Crippen LogP) is 5.28. The second kappa shape index (κ2) is 16.9. The van der Waals surface area contributed by atoms with Crippen molar-refractivity contribution in [1.29, 1.82) is 0 Å². The van der Waals surface area contributed by atoms with Crippen LogP contribution < -0.4 is 10.6 Å². The summed E-state index contributed by atoms with van der Waals surface area (Å²) < 4.78 is 0. The van der Waals surface area contributed by atoms with Crippen molar-refractivity contribution in [3.05, 3.63) is 144 Å². The van der Waals surface area contributed by atoms with Gasteiger partial charge in [-0.05, 0) is 35.4 Å². The summed E-state index contributed by atoms with van der Waals surface area (Å²) in [5.41, 5.74) is 2.69. The summed E-state index contributed by atoms with van der Waals surface area (Å²) in [4.78, 5) is 53.4. The minimum absolute atomic E-state index is 0.0594. The van der Waals surface area contributed by atoms with Gasteiger partial charge < -0.3 is 20.6 Å². The number of amides is 3. The number of carbonyl (C=O) groups is 4. The van der Waals surface area contributed by atoms with Crippen LogP contribution in [0.3, 0.4) is 0 Å². The van der Waals surface area contributed by atoms with E-state index in [4.69, 9.17) is 0 Å². The summed E-state index contributed by atoms with van der Waals surface area (Å²) in [5, 5.41) is 15.2. The third-order valence-corrected chi connectivity index (χ3v) is 9.00. The Bertz CT molecular complexity index is 1470. The largest absolute Gasteiger partial charge is 0.480 e. The highest BCUT2D eigenvalue weighted by atomic mass is 33.1. The van der Waals surface area contributed by atoms with E-state index in [1.807, 2.05) is 66.7 Å². The van der Waals surface area contributed by atoms with Crippen molar-refractivity contribution in [2.45, 2.75) is 25.2 Å². The monoisotopic (exact) mass is 627 g/mol. The summed E-state index contributed by atoms with van der Waals surface area (Å²) in [6.45, 7) is 0.688. The van der Waals surface area contributed by atoms with Crippen LogP contribution in [0, 0.1) is 0 Å². The molecular formula is C34H33N3O5S2. The molecule has 0 radical (unpaired) electrons. The van der Waals surface area contributed by atoms with Gasteiger partial charge in [0, 0.05) is 35.7 Å².